The lowest BCUT2D eigenvalue weighted by Crippen LogP contribution is -2.24. The van der Waals surface area contributed by atoms with Gasteiger partial charge in [0, 0.05) is 6.54 Å². The highest BCUT2D eigenvalue weighted by molar-refractivity contribution is 7.80. The molecule has 1 aromatic carbocycles. The minimum Gasteiger partial charge on any atom is -0.375 e. The highest BCUT2D eigenvalue weighted by Gasteiger charge is 2.02. The monoisotopic (exact) mass is 292 g/mol. The predicted octanol–water partition coefficient (Wildman–Crippen LogP) is 2.48. The van der Waals surface area contributed by atoms with Crippen molar-refractivity contribution in [2.75, 3.05) is 13.1 Å². The Morgan fingerprint density at radius 3 is 2.60 bits per heavy atom. The molecule has 0 radical (unpaired) electrons. The fraction of sp³-hybridized carbons (Fsp3) is 0.467. The van der Waals surface area contributed by atoms with Crippen molar-refractivity contribution in [2.45, 2.75) is 33.2 Å². The number of hydrazone groups is 1. The molecular formula is C15H24N4S. The van der Waals surface area contributed by atoms with Crippen LogP contribution in [-0.4, -0.2) is 29.3 Å². The second-order valence-corrected chi connectivity index (χ2v) is 5.14. The van der Waals surface area contributed by atoms with Crippen LogP contribution in [-0.2, 0) is 6.54 Å². The molecule has 5 heteroatoms. The van der Waals surface area contributed by atoms with E-state index in [2.05, 4.69) is 53.6 Å². The third kappa shape index (κ3) is 6.63. The van der Waals surface area contributed by atoms with Gasteiger partial charge in [0.05, 0.1) is 6.21 Å². The van der Waals surface area contributed by atoms with Crippen molar-refractivity contribution in [3.05, 3.63) is 35.4 Å². The second-order valence-electron chi connectivity index (χ2n) is 4.70. The maximum Gasteiger partial charge on any atom is 0.184 e. The summed E-state index contributed by atoms with van der Waals surface area (Å²) in [5, 5.41) is 4.11. The van der Waals surface area contributed by atoms with Crippen LogP contribution in [0.2, 0.25) is 0 Å². The minimum absolute atomic E-state index is 0.174. The molecule has 0 saturated heterocycles. The van der Waals surface area contributed by atoms with Crippen molar-refractivity contribution in [2.24, 2.45) is 10.8 Å². The van der Waals surface area contributed by atoms with Crippen molar-refractivity contribution in [3.8, 4) is 0 Å². The van der Waals surface area contributed by atoms with E-state index in [1.807, 2.05) is 12.1 Å². The van der Waals surface area contributed by atoms with E-state index in [1.165, 1.54) is 18.4 Å². The van der Waals surface area contributed by atoms with Gasteiger partial charge in [-0.25, -0.2) is 0 Å². The van der Waals surface area contributed by atoms with Crippen LogP contribution in [0.3, 0.4) is 0 Å². The van der Waals surface area contributed by atoms with Crippen LogP contribution in [0.5, 0.6) is 0 Å². The Morgan fingerprint density at radius 2 is 2.05 bits per heavy atom. The first-order chi connectivity index (χ1) is 9.65. The molecule has 0 amide bonds. The lowest BCUT2D eigenvalue weighted by atomic mass is 10.1. The standard InChI is InChI=1S/C15H24N4S/c1-3-5-10-19(4-2)12-14-8-6-13(7-9-14)11-17-18-15(16)20/h6-9,11H,3-5,10,12H2,1-2H3,(H3,16,18,20). The smallest absolute Gasteiger partial charge is 0.184 e. The van der Waals surface area contributed by atoms with Gasteiger partial charge in [0.2, 0.25) is 0 Å². The summed E-state index contributed by atoms with van der Waals surface area (Å²) in [5.41, 5.74) is 10.2. The zero-order chi connectivity index (χ0) is 14.8. The number of benzene rings is 1. The normalized spacial score (nSPS) is 11.2. The number of hydrogen-bond acceptors (Lipinski definition) is 3. The number of unbranched alkanes of at least 4 members (excludes halogenated alkanes) is 1. The summed E-state index contributed by atoms with van der Waals surface area (Å²) in [4.78, 5) is 2.46. The molecule has 0 spiro atoms. The largest absolute Gasteiger partial charge is 0.375 e. The molecule has 0 aliphatic heterocycles. The van der Waals surface area contributed by atoms with E-state index in [0.29, 0.717) is 0 Å². The lowest BCUT2D eigenvalue weighted by molar-refractivity contribution is 0.275. The summed E-state index contributed by atoms with van der Waals surface area (Å²) in [5.74, 6) is 0. The Kier molecular flexibility index (Phi) is 7.84. The van der Waals surface area contributed by atoms with Gasteiger partial charge >= 0.3 is 0 Å². The Bertz CT molecular complexity index is 428. The van der Waals surface area contributed by atoms with Gasteiger partial charge in [-0.05, 0) is 42.9 Å². The SMILES string of the molecule is CCCCN(CC)Cc1ccc(C=NNC(N)=S)cc1. The van der Waals surface area contributed by atoms with E-state index >= 15 is 0 Å². The van der Waals surface area contributed by atoms with Crippen LogP contribution in [0.25, 0.3) is 0 Å². The van der Waals surface area contributed by atoms with Gasteiger partial charge in [0.15, 0.2) is 5.11 Å². The van der Waals surface area contributed by atoms with Crippen LogP contribution in [0, 0.1) is 0 Å². The van der Waals surface area contributed by atoms with E-state index in [-0.39, 0.29) is 5.11 Å². The van der Waals surface area contributed by atoms with Gasteiger partial charge in [-0.1, -0.05) is 44.5 Å². The van der Waals surface area contributed by atoms with E-state index < -0.39 is 0 Å². The summed E-state index contributed by atoms with van der Waals surface area (Å²) >= 11 is 4.67. The van der Waals surface area contributed by atoms with Gasteiger partial charge in [0.1, 0.15) is 0 Å². The van der Waals surface area contributed by atoms with Crippen molar-refractivity contribution < 1.29 is 0 Å². The highest BCUT2D eigenvalue weighted by atomic mass is 32.1. The molecular weight excluding hydrogens is 268 g/mol. The molecule has 4 nitrogen and oxygen atoms in total. The molecule has 3 N–H and O–H groups in total. The number of nitrogens with zero attached hydrogens (tertiary/aromatic N) is 2. The van der Waals surface area contributed by atoms with Gasteiger partial charge < -0.3 is 5.73 Å². The zero-order valence-corrected chi connectivity index (χ0v) is 13.1. The Labute approximate surface area is 127 Å². The fourth-order valence-corrected chi connectivity index (χ4v) is 1.92. The van der Waals surface area contributed by atoms with Crippen LogP contribution >= 0.6 is 12.2 Å². The predicted molar refractivity (Wildman–Crippen MR) is 89.8 cm³/mol. The molecule has 0 aliphatic carbocycles. The molecule has 0 aromatic heterocycles. The summed E-state index contributed by atoms with van der Waals surface area (Å²) in [7, 11) is 0. The number of rotatable bonds is 8. The first-order valence-corrected chi connectivity index (χ1v) is 7.46. The van der Waals surface area contributed by atoms with E-state index in [4.69, 9.17) is 5.73 Å². The van der Waals surface area contributed by atoms with E-state index in [0.717, 1.165) is 25.2 Å². The van der Waals surface area contributed by atoms with Crippen molar-refractivity contribution in [1.29, 1.82) is 0 Å². The van der Waals surface area contributed by atoms with Crippen LogP contribution in [0.1, 0.15) is 37.8 Å². The summed E-state index contributed by atoms with van der Waals surface area (Å²) < 4.78 is 0. The van der Waals surface area contributed by atoms with Gasteiger partial charge in [-0.15, -0.1) is 0 Å². The molecule has 0 saturated carbocycles. The molecule has 1 rings (SSSR count). The minimum atomic E-state index is 0.174. The van der Waals surface area contributed by atoms with Gasteiger partial charge in [0.25, 0.3) is 0 Å². The van der Waals surface area contributed by atoms with Crippen LogP contribution in [0.4, 0.5) is 0 Å². The van der Waals surface area contributed by atoms with Crippen molar-refractivity contribution in [3.63, 3.8) is 0 Å². The molecule has 0 bridgehead atoms. The average Bonchev–Trinajstić information content (AvgIpc) is 2.44. The van der Waals surface area contributed by atoms with Crippen molar-refractivity contribution >= 4 is 23.5 Å². The topological polar surface area (TPSA) is 53.6 Å². The van der Waals surface area contributed by atoms with Gasteiger partial charge in [-0.2, -0.15) is 5.10 Å². The maximum absolute atomic E-state index is 5.29. The first kappa shape index (κ1) is 16.6. The molecule has 1 aromatic rings. The number of thiocarbonyl (C=S) groups is 1. The molecule has 0 atom stereocenters. The highest BCUT2D eigenvalue weighted by Crippen LogP contribution is 2.07. The van der Waals surface area contributed by atoms with Crippen LogP contribution < -0.4 is 11.2 Å². The van der Waals surface area contributed by atoms with Crippen molar-refractivity contribution in [1.82, 2.24) is 10.3 Å². The Morgan fingerprint density at radius 1 is 1.35 bits per heavy atom. The first-order valence-electron chi connectivity index (χ1n) is 7.05. The van der Waals surface area contributed by atoms with Crippen LogP contribution in [0.15, 0.2) is 29.4 Å². The molecule has 0 heterocycles. The third-order valence-electron chi connectivity index (χ3n) is 3.05. The summed E-state index contributed by atoms with van der Waals surface area (Å²) in [6.07, 6.45) is 4.20. The third-order valence-corrected chi connectivity index (χ3v) is 3.14. The lowest BCUT2D eigenvalue weighted by Gasteiger charge is -2.20. The summed E-state index contributed by atoms with van der Waals surface area (Å²) in [6.45, 7) is 7.68. The summed E-state index contributed by atoms with van der Waals surface area (Å²) in [6, 6.07) is 8.37. The van der Waals surface area contributed by atoms with E-state index in [1.54, 1.807) is 6.21 Å². The maximum atomic E-state index is 5.29. The molecule has 0 fully saturated rings. The Balaban J connectivity index is 2.52. The molecule has 0 aliphatic rings. The fourth-order valence-electron chi connectivity index (χ4n) is 1.87. The number of nitrogens with two attached hydrogens (primary N) is 1. The molecule has 0 unspecified atom stereocenters. The van der Waals surface area contributed by atoms with Gasteiger partial charge in [-0.3, -0.25) is 10.3 Å². The quantitative estimate of drug-likeness (QED) is 0.439. The second kappa shape index (κ2) is 9.44. The number of hydrogen-bond donors (Lipinski definition) is 2. The molecule has 110 valence electrons. The average molecular weight is 292 g/mol. The Hall–Kier alpha value is -1.46. The number of nitrogens with one attached hydrogen (secondary N) is 1. The zero-order valence-electron chi connectivity index (χ0n) is 12.3. The molecule has 20 heavy (non-hydrogen) atoms. The van der Waals surface area contributed by atoms with E-state index in [9.17, 15) is 0 Å².